The average molecular weight is 1050 g/mol. The van der Waals surface area contributed by atoms with Gasteiger partial charge in [-0.25, -0.2) is 8.37 Å². The van der Waals surface area contributed by atoms with Gasteiger partial charge in [-0.3, -0.25) is 13.9 Å². The van der Waals surface area contributed by atoms with Crippen LogP contribution in [0.1, 0.15) is 125 Å². The minimum atomic E-state index is -4.90. The third-order valence-electron chi connectivity index (χ3n) is 18.3. The van der Waals surface area contributed by atoms with E-state index in [1.54, 1.807) is 6.92 Å². The van der Waals surface area contributed by atoms with Crippen molar-refractivity contribution in [1.82, 2.24) is 0 Å². The van der Waals surface area contributed by atoms with Crippen LogP contribution in [0.5, 0.6) is 0 Å². The molecule has 0 aromatic heterocycles. The molecule has 11 rings (SSSR count). The topological polar surface area (TPSA) is 266 Å². The van der Waals surface area contributed by atoms with Crippen molar-refractivity contribution in [2.24, 2.45) is 5.92 Å². The average Bonchev–Trinajstić information content (AvgIpc) is 3.46. The fourth-order valence-corrected chi connectivity index (χ4v) is 15.7. The Labute approximate surface area is 415 Å². The monoisotopic (exact) mass is 1050 g/mol. The maximum Gasteiger partial charge on any atom is 0.397 e. The van der Waals surface area contributed by atoms with E-state index in [1.807, 2.05) is 6.92 Å². The molecule has 0 amide bonds. The van der Waals surface area contributed by atoms with Gasteiger partial charge in [-0.1, -0.05) is 13.5 Å². The molecule has 11 aliphatic heterocycles. The molecule has 11 heterocycles. The van der Waals surface area contributed by atoms with E-state index in [0.29, 0.717) is 69.8 Å². The number of carbonyl (C=O) groups is 1. The smallest absolute Gasteiger partial charge is 0.387 e. The fraction of sp³-hybridized carbons (Fsp3) is 0.938. The van der Waals surface area contributed by atoms with Gasteiger partial charge in [-0.15, -0.1) is 0 Å². The van der Waals surface area contributed by atoms with E-state index in [1.165, 1.54) is 6.92 Å². The van der Waals surface area contributed by atoms with Gasteiger partial charge in [0.05, 0.1) is 121 Å². The Morgan fingerprint density at radius 1 is 0.662 bits per heavy atom. The van der Waals surface area contributed by atoms with E-state index < -0.39 is 92.0 Å². The standard InChI is InChI=1S/C48H72O21S2/c1-22-13-33-32(64-41(22)24(3)49)19-40-48(7,67-33)44(50)43-36(63-40)17-35-42(65-43)23(2)21-47(6)38(62-35)20-37-46(5,69-47)11-9-25-26(61-37)14-28-27(58-25)15-29-30(59-28)16-34-31(60-29)18-39(68-71(54,55)56)45(4,66-34)10-8-12-57-70(51,52)53/h23,25-44,50H,1,8-21H2,2-7H3,(H,51,52,53)(H,54,55,56)/t23-,25-,26+,27+,28-,29-,30+,31+,32+,33-,34-,35-,36+,37-,38+,39-,40-,41-,42+,43+,44+,45+,46+,47-,48-/m0/s1. The van der Waals surface area contributed by atoms with Gasteiger partial charge in [0.1, 0.15) is 30.0 Å². The Balaban J connectivity index is 0.748. The molecule has 11 saturated heterocycles. The Kier molecular flexibility index (Phi) is 13.4. The van der Waals surface area contributed by atoms with Gasteiger partial charge in [-0.05, 0) is 84.6 Å². The highest BCUT2D eigenvalue weighted by Crippen LogP contribution is 2.54. The summed E-state index contributed by atoms with van der Waals surface area (Å²) in [7, 11) is -9.58. The molecule has 71 heavy (non-hydrogen) atoms. The fourth-order valence-electron chi connectivity index (χ4n) is 14.8. The molecule has 23 heteroatoms. The van der Waals surface area contributed by atoms with Crippen LogP contribution in [0.4, 0.5) is 0 Å². The van der Waals surface area contributed by atoms with Gasteiger partial charge in [-0.2, -0.15) is 16.8 Å². The molecule has 0 spiro atoms. The lowest BCUT2D eigenvalue weighted by molar-refractivity contribution is -0.359. The SMILES string of the molecule is C=C1C[C@@H]2O[C@@]3(C)[C@H](C[C@H]2O[C@@H]1C(C)=O)O[C@@H]1C[C@@H]2O[C@@H]4C[C@@H]5O[C@@H]6C[C@@H]7O[C@@H]8C[C@@H]9O[C@](C)(CCCOS(=O)(=O)O)[C@@H](OS(=O)(=O)O)C[C@H]9O[C@H]8C[C@H]7O[C@H]6CC[C@@]5(C)O[C@@]4(C)C[C@H](C)[C@H]2O[C@H]1[C@H]3O. The number of hydrogen-bond acceptors (Lipinski definition) is 19. The van der Waals surface area contributed by atoms with E-state index >= 15 is 0 Å². The lowest BCUT2D eigenvalue weighted by atomic mass is 9.74. The predicted molar refractivity (Wildman–Crippen MR) is 243 cm³/mol. The van der Waals surface area contributed by atoms with Gasteiger partial charge < -0.3 is 57.2 Å². The summed E-state index contributed by atoms with van der Waals surface area (Å²) < 4.78 is 149. The summed E-state index contributed by atoms with van der Waals surface area (Å²) in [6.07, 6.45) is -3.77. The molecule has 0 bridgehead atoms. The number of carbonyl (C=O) groups excluding carboxylic acids is 1. The van der Waals surface area contributed by atoms with E-state index in [0.717, 1.165) is 0 Å². The first-order valence-corrected chi connectivity index (χ1v) is 28.4. The van der Waals surface area contributed by atoms with Crippen LogP contribution in [-0.2, 0) is 86.1 Å². The maximum atomic E-state index is 12.4. The van der Waals surface area contributed by atoms with Crippen molar-refractivity contribution in [2.75, 3.05) is 6.61 Å². The summed E-state index contributed by atoms with van der Waals surface area (Å²) >= 11 is 0. The first-order chi connectivity index (χ1) is 33.3. The highest BCUT2D eigenvalue weighted by molar-refractivity contribution is 7.81. The van der Waals surface area contributed by atoms with E-state index in [4.69, 9.17) is 60.8 Å². The lowest BCUT2D eigenvalue weighted by Gasteiger charge is -2.59. The molecule has 0 radical (unpaired) electrons. The van der Waals surface area contributed by atoms with Crippen LogP contribution in [-0.4, -0.2) is 188 Å². The summed E-state index contributed by atoms with van der Waals surface area (Å²) in [6, 6.07) is 0. The molecular weight excluding hydrogens is 977 g/mol. The van der Waals surface area contributed by atoms with Crippen molar-refractivity contribution >= 4 is 26.6 Å². The minimum Gasteiger partial charge on any atom is -0.387 e. The Morgan fingerprint density at radius 3 is 1.92 bits per heavy atom. The van der Waals surface area contributed by atoms with Crippen LogP contribution >= 0.6 is 0 Å². The number of hydrogen-bond donors (Lipinski definition) is 3. The lowest BCUT2D eigenvalue weighted by Crippen LogP contribution is -2.73. The van der Waals surface area contributed by atoms with Crippen molar-refractivity contribution in [3.05, 3.63) is 12.2 Å². The van der Waals surface area contributed by atoms with Gasteiger partial charge in [0.2, 0.25) is 0 Å². The number of rotatable bonds is 8. The number of ether oxygens (including phenoxy) is 11. The summed E-state index contributed by atoms with van der Waals surface area (Å²) in [5.74, 6) is -0.0936. The quantitative estimate of drug-likeness (QED) is 0.179. The molecule has 0 unspecified atom stereocenters. The second-order valence-electron chi connectivity index (χ2n) is 23.4. The van der Waals surface area contributed by atoms with Crippen molar-refractivity contribution in [2.45, 2.75) is 269 Å². The van der Waals surface area contributed by atoms with E-state index in [2.05, 4.69) is 31.5 Å². The molecule has 11 aliphatic rings. The molecule has 3 N–H and O–H groups in total. The van der Waals surface area contributed by atoms with Crippen molar-refractivity contribution in [3.8, 4) is 0 Å². The second-order valence-corrected chi connectivity index (χ2v) is 25.6. The van der Waals surface area contributed by atoms with Crippen molar-refractivity contribution < 1.29 is 96.3 Å². The number of fused-ring (bicyclic) bond motifs is 10. The Hall–Kier alpha value is -1.33. The van der Waals surface area contributed by atoms with Crippen LogP contribution in [0.25, 0.3) is 0 Å². The molecule has 11 fully saturated rings. The van der Waals surface area contributed by atoms with Crippen LogP contribution in [0.3, 0.4) is 0 Å². The predicted octanol–water partition coefficient (Wildman–Crippen LogP) is 3.21. The van der Waals surface area contributed by atoms with Gasteiger partial charge in [0, 0.05) is 44.9 Å². The van der Waals surface area contributed by atoms with Gasteiger partial charge in [0.25, 0.3) is 0 Å². The molecule has 0 saturated carbocycles. The van der Waals surface area contributed by atoms with Gasteiger partial charge >= 0.3 is 20.8 Å². The second kappa shape index (κ2) is 18.4. The molecule has 25 atom stereocenters. The number of aliphatic hydroxyl groups is 1. The van der Waals surface area contributed by atoms with E-state index in [9.17, 15) is 31.3 Å². The summed E-state index contributed by atoms with van der Waals surface area (Å²) in [4.78, 5) is 12.4. The summed E-state index contributed by atoms with van der Waals surface area (Å²) in [6.45, 7) is 15.2. The highest BCUT2D eigenvalue weighted by Gasteiger charge is 2.65. The third kappa shape index (κ3) is 9.67. The Morgan fingerprint density at radius 2 is 1.24 bits per heavy atom. The van der Waals surface area contributed by atoms with Crippen molar-refractivity contribution in [1.29, 1.82) is 0 Å². The molecule has 0 aliphatic carbocycles. The summed E-state index contributed by atoms with van der Waals surface area (Å²) in [5, 5.41) is 12.1. The number of Topliss-reactive ketones (excluding diaryl/α,β-unsaturated/α-hetero) is 1. The zero-order valence-corrected chi connectivity index (χ0v) is 42.9. The molecule has 21 nitrogen and oxygen atoms in total. The largest absolute Gasteiger partial charge is 0.397 e. The molecule has 0 aromatic carbocycles. The molecule has 402 valence electrons. The third-order valence-corrected chi connectivity index (χ3v) is 19.2. The van der Waals surface area contributed by atoms with Gasteiger partial charge in [0.15, 0.2) is 5.78 Å². The van der Waals surface area contributed by atoms with E-state index in [-0.39, 0.29) is 111 Å². The maximum absolute atomic E-state index is 12.4. The number of ketones is 1. The molecular formula is C48H72O21S2. The van der Waals surface area contributed by atoms with Crippen LogP contribution in [0.15, 0.2) is 12.2 Å². The van der Waals surface area contributed by atoms with Crippen LogP contribution in [0.2, 0.25) is 0 Å². The van der Waals surface area contributed by atoms with Crippen LogP contribution in [0, 0.1) is 5.92 Å². The highest BCUT2D eigenvalue weighted by atomic mass is 32.3. The zero-order chi connectivity index (χ0) is 50.4. The first-order valence-electron chi connectivity index (χ1n) is 25.7. The minimum absolute atomic E-state index is 0.00409. The molecule has 0 aromatic rings. The zero-order valence-electron chi connectivity index (χ0n) is 41.2. The normalized spacial score (nSPS) is 53.7. The first kappa shape index (κ1) is 51.8. The van der Waals surface area contributed by atoms with Crippen molar-refractivity contribution in [3.63, 3.8) is 0 Å². The Bertz CT molecular complexity index is 2290. The number of aliphatic hydroxyl groups excluding tert-OH is 1. The van der Waals surface area contributed by atoms with Crippen LogP contribution < -0.4 is 0 Å². The summed E-state index contributed by atoms with van der Waals surface area (Å²) in [5.41, 5.74) is -3.03.